The zero-order valence-electron chi connectivity index (χ0n) is 14.4. The molecule has 7 heteroatoms. The van der Waals surface area contributed by atoms with Gasteiger partial charge in [0.25, 0.3) is 0 Å². The summed E-state index contributed by atoms with van der Waals surface area (Å²) in [4.78, 5) is 1.98. The van der Waals surface area contributed by atoms with E-state index in [9.17, 15) is 0 Å². The quantitative estimate of drug-likeness (QED) is 0.785. The number of rotatable bonds is 5. The molecule has 2 aromatic heterocycles. The third-order valence-electron chi connectivity index (χ3n) is 3.27. The lowest BCUT2D eigenvalue weighted by molar-refractivity contribution is 0.393. The Morgan fingerprint density at radius 3 is 2.50 bits per heavy atom. The highest BCUT2D eigenvalue weighted by Crippen LogP contribution is 2.31. The monoisotopic (exact) mass is 323 g/mol. The van der Waals surface area contributed by atoms with Crippen molar-refractivity contribution in [2.24, 2.45) is 0 Å². The van der Waals surface area contributed by atoms with E-state index in [0.717, 1.165) is 28.1 Å². The van der Waals surface area contributed by atoms with Crippen molar-refractivity contribution < 1.29 is 4.52 Å². The highest BCUT2D eigenvalue weighted by Gasteiger charge is 2.23. The summed E-state index contributed by atoms with van der Waals surface area (Å²) in [5, 5.41) is 13.7. The first-order valence-electron chi connectivity index (χ1n) is 7.40. The molecule has 0 unspecified atom stereocenters. The first-order chi connectivity index (χ1) is 10.2. The molecule has 0 aliphatic carbocycles. The van der Waals surface area contributed by atoms with Gasteiger partial charge in [-0.05, 0) is 13.8 Å². The van der Waals surface area contributed by atoms with Crippen molar-refractivity contribution in [3.05, 3.63) is 17.5 Å². The smallest absolute Gasteiger partial charge is 0.227 e. The van der Waals surface area contributed by atoms with Gasteiger partial charge in [0.05, 0.1) is 5.69 Å². The van der Waals surface area contributed by atoms with Crippen LogP contribution in [0.15, 0.2) is 15.9 Å². The number of nitrogens with zero attached hydrogens (tertiary/aromatic N) is 5. The lowest BCUT2D eigenvalue weighted by Gasteiger charge is -2.18. The van der Waals surface area contributed by atoms with Gasteiger partial charge in [0.15, 0.2) is 5.16 Å². The van der Waals surface area contributed by atoms with Gasteiger partial charge in [-0.1, -0.05) is 37.7 Å². The summed E-state index contributed by atoms with van der Waals surface area (Å²) < 4.78 is 7.32. The van der Waals surface area contributed by atoms with Crippen molar-refractivity contribution >= 4 is 17.7 Å². The van der Waals surface area contributed by atoms with Crippen molar-refractivity contribution in [1.29, 1.82) is 0 Å². The topological polar surface area (TPSA) is 60.0 Å². The van der Waals surface area contributed by atoms with Crippen LogP contribution >= 0.6 is 11.8 Å². The average molecular weight is 323 g/mol. The fourth-order valence-electron chi connectivity index (χ4n) is 2.24. The molecule has 0 atom stereocenters. The lowest BCUT2D eigenvalue weighted by Crippen LogP contribution is -2.17. The van der Waals surface area contributed by atoms with E-state index in [2.05, 4.69) is 54.5 Å². The molecular formula is C15H25N5OS. The fraction of sp³-hybridized carbons (Fsp3) is 0.667. The molecule has 6 nitrogen and oxygen atoms in total. The molecule has 0 radical (unpaired) electrons. The number of hydrogen-bond acceptors (Lipinski definition) is 6. The van der Waals surface area contributed by atoms with Crippen molar-refractivity contribution in [3.8, 4) is 0 Å². The van der Waals surface area contributed by atoms with E-state index in [1.54, 1.807) is 18.0 Å². The highest BCUT2D eigenvalue weighted by atomic mass is 32.2. The number of aromatic nitrogens is 4. The Labute approximate surface area is 136 Å². The second-order valence-electron chi connectivity index (χ2n) is 6.87. The van der Waals surface area contributed by atoms with Gasteiger partial charge in [-0.15, -0.1) is 10.2 Å². The zero-order valence-corrected chi connectivity index (χ0v) is 15.2. The zero-order chi connectivity index (χ0) is 16.5. The molecular weight excluding hydrogens is 298 g/mol. The number of thioether (sulfide) groups is 1. The molecule has 0 saturated carbocycles. The van der Waals surface area contributed by atoms with Gasteiger partial charge in [0.2, 0.25) is 5.95 Å². The van der Waals surface area contributed by atoms with Crippen LogP contribution in [-0.4, -0.2) is 34.0 Å². The summed E-state index contributed by atoms with van der Waals surface area (Å²) in [5.74, 6) is 1.65. The van der Waals surface area contributed by atoms with Crippen molar-refractivity contribution in [3.63, 3.8) is 0 Å². The third kappa shape index (κ3) is 3.45. The normalized spacial score (nSPS) is 12.2. The number of anilines is 1. The standard InChI is InChI=1S/C15H25N5OS/c1-10(2)20-13(19(6)7)16-17-14(20)22-9-11-8-21-18-12(11)15(3,4)5/h8,10H,9H2,1-7H3. The van der Waals surface area contributed by atoms with Crippen LogP contribution in [-0.2, 0) is 11.2 Å². The SMILES string of the molecule is CC(C)n1c(SCc2conc2C(C)(C)C)nnc1N(C)C. The van der Waals surface area contributed by atoms with Gasteiger partial charge in [-0.2, -0.15) is 0 Å². The average Bonchev–Trinajstić information content (AvgIpc) is 3.01. The Balaban J connectivity index is 2.21. The van der Waals surface area contributed by atoms with Crippen LogP contribution in [0.2, 0.25) is 0 Å². The first kappa shape index (κ1) is 16.9. The highest BCUT2D eigenvalue weighted by molar-refractivity contribution is 7.98. The first-order valence-corrected chi connectivity index (χ1v) is 8.39. The van der Waals surface area contributed by atoms with E-state index in [1.807, 2.05) is 19.0 Å². The van der Waals surface area contributed by atoms with Crippen molar-refractivity contribution in [2.75, 3.05) is 19.0 Å². The summed E-state index contributed by atoms with van der Waals surface area (Å²) >= 11 is 1.66. The Morgan fingerprint density at radius 1 is 1.27 bits per heavy atom. The summed E-state index contributed by atoms with van der Waals surface area (Å²) in [5.41, 5.74) is 2.09. The van der Waals surface area contributed by atoms with Gasteiger partial charge in [-0.25, -0.2) is 0 Å². The second-order valence-corrected chi connectivity index (χ2v) is 7.81. The molecule has 0 aliphatic heterocycles. The van der Waals surface area contributed by atoms with E-state index in [0.29, 0.717) is 6.04 Å². The molecule has 0 fully saturated rings. The molecule has 0 aliphatic rings. The van der Waals surface area contributed by atoms with Gasteiger partial charge >= 0.3 is 0 Å². The van der Waals surface area contributed by atoms with Crippen LogP contribution in [0.1, 0.15) is 51.9 Å². The Hall–Kier alpha value is -1.50. The summed E-state index contributed by atoms with van der Waals surface area (Å²) in [6.07, 6.45) is 1.73. The molecule has 2 rings (SSSR count). The van der Waals surface area contributed by atoms with Gasteiger partial charge in [0.1, 0.15) is 6.26 Å². The van der Waals surface area contributed by atoms with Crippen LogP contribution < -0.4 is 4.90 Å². The maximum Gasteiger partial charge on any atom is 0.227 e. The second kappa shape index (κ2) is 6.32. The molecule has 0 saturated heterocycles. The summed E-state index contributed by atoms with van der Waals surface area (Å²) in [6.45, 7) is 10.7. The van der Waals surface area contributed by atoms with E-state index < -0.39 is 0 Å². The molecule has 2 aromatic rings. The van der Waals surface area contributed by atoms with E-state index in [1.165, 1.54) is 0 Å². The molecule has 2 heterocycles. The maximum atomic E-state index is 5.17. The van der Waals surface area contributed by atoms with Crippen LogP contribution in [0.3, 0.4) is 0 Å². The Morgan fingerprint density at radius 2 is 1.95 bits per heavy atom. The number of hydrogen-bond donors (Lipinski definition) is 0. The minimum absolute atomic E-state index is 0.0244. The van der Waals surface area contributed by atoms with Crippen LogP contribution in [0.4, 0.5) is 5.95 Å². The molecule has 0 amide bonds. The molecule has 22 heavy (non-hydrogen) atoms. The minimum atomic E-state index is -0.0244. The van der Waals surface area contributed by atoms with E-state index >= 15 is 0 Å². The van der Waals surface area contributed by atoms with Crippen molar-refractivity contribution in [1.82, 2.24) is 19.9 Å². The third-order valence-corrected chi connectivity index (χ3v) is 4.27. The largest absolute Gasteiger partial charge is 0.364 e. The molecule has 0 spiro atoms. The maximum absolute atomic E-state index is 5.17. The van der Waals surface area contributed by atoms with E-state index in [4.69, 9.17) is 4.52 Å². The van der Waals surface area contributed by atoms with Gasteiger partial charge in [0, 0.05) is 36.9 Å². The molecule has 0 aromatic carbocycles. The minimum Gasteiger partial charge on any atom is -0.364 e. The van der Waals surface area contributed by atoms with Crippen LogP contribution in [0.25, 0.3) is 0 Å². The van der Waals surface area contributed by atoms with Crippen LogP contribution in [0.5, 0.6) is 0 Å². The van der Waals surface area contributed by atoms with Crippen LogP contribution in [0, 0.1) is 0 Å². The predicted molar refractivity (Wildman–Crippen MR) is 89.5 cm³/mol. The lowest BCUT2D eigenvalue weighted by atomic mass is 9.90. The molecule has 0 bridgehead atoms. The summed E-state index contributed by atoms with van der Waals surface area (Å²) in [6, 6.07) is 0.305. The molecule has 122 valence electrons. The van der Waals surface area contributed by atoms with Gasteiger partial charge < -0.3 is 9.42 Å². The summed E-state index contributed by atoms with van der Waals surface area (Å²) in [7, 11) is 3.96. The predicted octanol–water partition coefficient (Wildman–Crippen LogP) is 3.50. The Bertz CT molecular complexity index is 624. The van der Waals surface area contributed by atoms with E-state index in [-0.39, 0.29) is 5.41 Å². The Kier molecular flexibility index (Phi) is 4.84. The fourth-order valence-corrected chi connectivity index (χ4v) is 3.26. The van der Waals surface area contributed by atoms with Crippen molar-refractivity contribution in [2.45, 2.75) is 57.0 Å². The molecule has 0 N–H and O–H groups in total. The van der Waals surface area contributed by atoms with Gasteiger partial charge in [-0.3, -0.25) is 4.57 Å².